The maximum Gasteiger partial charge on any atom is 0.375 e. The SMILES string of the molecule is O=C(O)Cc1ccc(C[n+]2c(/C=C/Nc3ccccc3)oc3ccccc32)cc1.[Br-]. The van der Waals surface area contributed by atoms with Crippen molar-refractivity contribution in [2.24, 2.45) is 0 Å². The van der Waals surface area contributed by atoms with Crippen LogP contribution in [0.2, 0.25) is 0 Å². The number of carbonyl (C=O) groups is 1. The average molecular weight is 465 g/mol. The van der Waals surface area contributed by atoms with Crippen LogP contribution >= 0.6 is 0 Å². The summed E-state index contributed by atoms with van der Waals surface area (Å²) in [5.41, 5.74) is 4.67. The van der Waals surface area contributed by atoms with E-state index >= 15 is 0 Å². The summed E-state index contributed by atoms with van der Waals surface area (Å²) in [4.78, 5) is 10.9. The van der Waals surface area contributed by atoms with Crippen LogP contribution in [-0.2, 0) is 17.8 Å². The van der Waals surface area contributed by atoms with Crippen LogP contribution < -0.4 is 26.9 Å². The third-order valence-electron chi connectivity index (χ3n) is 4.61. The molecule has 0 aliphatic carbocycles. The minimum absolute atomic E-state index is 0. The van der Waals surface area contributed by atoms with Gasteiger partial charge in [-0.2, -0.15) is 4.57 Å². The largest absolute Gasteiger partial charge is 1.00 e. The Balaban J connectivity index is 0.00000256. The third-order valence-corrected chi connectivity index (χ3v) is 4.61. The quantitative estimate of drug-likeness (QED) is 0.406. The number of halogens is 1. The number of carboxylic acids is 1. The minimum atomic E-state index is -0.828. The molecule has 3 aromatic carbocycles. The van der Waals surface area contributed by atoms with Crippen LogP contribution in [0.15, 0.2) is 89.5 Å². The van der Waals surface area contributed by atoms with Crippen LogP contribution in [-0.4, -0.2) is 11.1 Å². The molecule has 0 saturated heterocycles. The topological polar surface area (TPSA) is 66.3 Å². The van der Waals surface area contributed by atoms with Gasteiger partial charge in [-0.1, -0.05) is 54.6 Å². The molecule has 4 aromatic rings. The number of aliphatic carboxylic acids is 1. The van der Waals surface area contributed by atoms with Gasteiger partial charge in [-0.3, -0.25) is 4.79 Å². The van der Waals surface area contributed by atoms with Gasteiger partial charge in [-0.15, -0.1) is 0 Å². The van der Waals surface area contributed by atoms with Crippen LogP contribution in [0, 0.1) is 0 Å². The molecular formula is C24H21BrN2O3. The Morgan fingerprint density at radius 2 is 1.60 bits per heavy atom. The molecule has 5 nitrogen and oxygen atoms in total. The highest BCUT2D eigenvalue weighted by Gasteiger charge is 2.20. The summed E-state index contributed by atoms with van der Waals surface area (Å²) in [6.07, 6.45) is 3.80. The molecule has 0 saturated carbocycles. The van der Waals surface area contributed by atoms with Gasteiger partial charge in [0.05, 0.1) is 12.5 Å². The van der Waals surface area contributed by atoms with E-state index in [2.05, 4.69) is 9.88 Å². The molecule has 0 spiro atoms. The molecule has 6 heteroatoms. The van der Waals surface area contributed by atoms with Crippen LogP contribution in [0.25, 0.3) is 17.2 Å². The second kappa shape index (κ2) is 9.89. The molecule has 0 amide bonds. The van der Waals surface area contributed by atoms with Crippen molar-refractivity contribution in [3.05, 3.63) is 102 Å². The van der Waals surface area contributed by atoms with Gasteiger partial charge in [0.15, 0.2) is 6.54 Å². The normalized spacial score (nSPS) is 10.8. The van der Waals surface area contributed by atoms with Crippen molar-refractivity contribution in [2.45, 2.75) is 13.0 Å². The number of fused-ring (bicyclic) bond motifs is 1. The molecule has 1 aromatic heterocycles. The summed E-state index contributed by atoms with van der Waals surface area (Å²) in [5.74, 6) is -0.101. The molecule has 30 heavy (non-hydrogen) atoms. The second-order valence-corrected chi connectivity index (χ2v) is 6.72. The fourth-order valence-electron chi connectivity index (χ4n) is 3.20. The zero-order valence-corrected chi connectivity index (χ0v) is 17.7. The lowest BCUT2D eigenvalue weighted by Crippen LogP contribution is -3.00. The number of para-hydroxylation sites is 3. The first kappa shape index (κ1) is 21.3. The fourth-order valence-corrected chi connectivity index (χ4v) is 3.20. The molecule has 0 radical (unpaired) electrons. The van der Waals surface area contributed by atoms with E-state index < -0.39 is 5.97 Å². The number of carboxylic acid groups (broad SMARTS) is 1. The zero-order valence-electron chi connectivity index (χ0n) is 16.2. The molecule has 0 aliphatic heterocycles. The lowest BCUT2D eigenvalue weighted by atomic mass is 10.1. The number of anilines is 1. The van der Waals surface area contributed by atoms with E-state index in [1.165, 1.54) is 0 Å². The summed E-state index contributed by atoms with van der Waals surface area (Å²) in [6, 6.07) is 25.5. The van der Waals surface area contributed by atoms with Crippen molar-refractivity contribution in [1.82, 2.24) is 0 Å². The number of aromatic nitrogens is 1. The van der Waals surface area contributed by atoms with Gasteiger partial charge in [-0.05, 0) is 23.8 Å². The molecule has 2 N–H and O–H groups in total. The highest BCUT2D eigenvalue weighted by Crippen LogP contribution is 2.16. The smallest absolute Gasteiger partial charge is 0.375 e. The van der Waals surface area contributed by atoms with Crippen molar-refractivity contribution >= 4 is 28.8 Å². The van der Waals surface area contributed by atoms with E-state index in [-0.39, 0.29) is 23.4 Å². The lowest BCUT2D eigenvalue weighted by molar-refractivity contribution is -0.669. The Morgan fingerprint density at radius 1 is 0.933 bits per heavy atom. The molecule has 0 unspecified atom stereocenters. The first-order chi connectivity index (χ1) is 14.2. The molecule has 4 rings (SSSR count). The predicted octanol–water partition coefficient (Wildman–Crippen LogP) is 1.48. The van der Waals surface area contributed by atoms with E-state index in [1.54, 1.807) is 0 Å². The van der Waals surface area contributed by atoms with Gasteiger partial charge < -0.3 is 31.8 Å². The molecular weight excluding hydrogens is 444 g/mol. The molecule has 152 valence electrons. The maximum absolute atomic E-state index is 10.9. The summed E-state index contributed by atoms with van der Waals surface area (Å²) in [5, 5.41) is 12.2. The van der Waals surface area contributed by atoms with Crippen LogP contribution in [0.3, 0.4) is 0 Å². The lowest BCUT2D eigenvalue weighted by Gasteiger charge is -2.01. The number of nitrogens with zero attached hydrogens (tertiary/aromatic N) is 1. The summed E-state index contributed by atoms with van der Waals surface area (Å²) in [7, 11) is 0. The Labute approximate surface area is 185 Å². The van der Waals surface area contributed by atoms with Crippen LogP contribution in [0.5, 0.6) is 0 Å². The van der Waals surface area contributed by atoms with Gasteiger partial charge in [0.25, 0.3) is 5.52 Å². The van der Waals surface area contributed by atoms with Crippen molar-refractivity contribution in [3.63, 3.8) is 0 Å². The molecule has 0 aliphatic rings. The first-order valence-electron chi connectivity index (χ1n) is 9.38. The van der Waals surface area contributed by atoms with E-state index in [0.29, 0.717) is 6.54 Å². The standard InChI is InChI=1S/C24H20N2O3.BrH/c27-24(28)16-18-10-12-19(13-11-18)17-26-21-8-4-5-9-22(21)29-23(26)14-15-25-20-6-2-1-3-7-20;/h1-15H,16-17H2,(H,27,28);1H. The summed E-state index contributed by atoms with van der Waals surface area (Å²) in [6.45, 7) is 0.620. The Kier molecular flexibility index (Phi) is 7.03. The number of oxazole rings is 1. The van der Waals surface area contributed by atoms with Crippen molar-refractivity contribution in [3.8, 4) is 0 Å². The van der Waals surface area contributed by atoms with Gasteiger partial charge in [0.2, 0.25) is 5.58 Å². The Hall–Kier alpha value is -3.38. The van der Waals surface area contributed by atoms with Crippen molar-refractivity contribution < 1.29 is 35.9 Å². The monoisotopic (exact) mass is 464 g/mol. The fraction of sp³-hybridized carbons (Fsp3) is 0.0833. The summed E-state index contributed by atoms with van der Waals surface area (Å²) >= 11 is 0. The molecule has 0 fully saturated rings. The van der Waals surface area contributed by atoms with Gasteiger partial charge in [-0.25, -0.2) is 0 Å². The molecule has 0 atom stereocenters. The second-order valence-electron chi connectivity index (χ2n) is 6.72. The first-order valence-corrected chi connectivity index (χ1v) is 9.38. The highest BCUT2D eigenvalue weighted by molar-refractivity contribution is 5.70. The Morgan fingerprint density at radius 3 is 2.33 bits per heavy atom. The van der Waals surface area contributed by atoms with Gasteiger partial charge in [0, 0.05) is 23.5 Å². The zero-order chi connectivity index (χ0) is 20.1. The number of hydrogen-bond acceptors (Lipinski definition) is 3. The number of nitrogens with one attached hydrogen (secondary N) is 1. The van der Waals surface area contributed by atoms with E-state index in [1.807, 2.05) is 91.1 Å². The van der Waals surface area contributed by atoms with E-state index in [4.69, 9.17) is 9.52 Å². The van der Waals surface area contributed by atoms with Gasteiger partial charge in [0.1, 0.15) is 0 Å². The maximum atomic E-state index is 10.9. The van der Waals surface area contributed by atoms with Crippen LogP contribution in [0.4, 0.5) is 5.69 Å². The van der Waals surface area contributed by atoms with E-state index in [0.717, 1.165) is 33.8 Å². The number of benzene rings is 3. The average Bonchev–Trinajstić information content (AvgIpc) is 3.07. The summed E-state index contributed by atoms with van der Waals surface area (Å²) < 4.78 is 8.15. The van der Waals surface area contributed by atoms with Crippen LogP contribution in [0.1, 0.15) is 17.0 Å². The molecule has 0 bridgehead atoms. The van der Waals surface area contributed by atoms with Crippen molar-refractivity contribution in [2.75, 3.05) is 5.32 Å². The van der Waals surface area contributed by atoms with Crippen molar-refractivity contribution in [1.29, 1.82) is 0 Å². The highest BCUT2D eigenvalue weighted by atomic mass is 79.9. The van der Waals surface area contributed by atoms with E-state index in [9.17, 15) is 4.79 Å². The third kappa shape index (κ3) is 5.15. The Bertz CT molecular complexity index is 1150. The van der Waals surface area contributed by atoms with Gasteiger partial charge >= 0.3 is 11.9 Å². The minimum Gasteiger partial charge on any atom is -1.00 e. The molecule has 1 heterocycles. The number of rotatable bonds is 7. The predicted molar refractivity (Wildman–Crippen MR) is 112 cm³/mol. The number of hydrogen-bond donors (Lipinski definition) is 2.